The van der Waals surface area contributed by atoms with E-state index in [0.717, 1.165) is 5.69 Å². The Morgan fingerprint density at radius 3 is 2.48 bits per heavy atom. The van der Waals surface area contributed by atoms with Crippen LogP contribution in [0.15, 0.2) is 42.5 Å². The summed E-state index contributed by atoms with van der Waals surface area (Å²) in [5, 5.41) is 14.6. The molecule has 0 saturated carbocycles. The van der Waals surface area contributed by atoms with Gasteiger partial charge >= 0.3 is 0 Å². The van der Waals surface area contributed by atoms with E-state index in [1.807, 2.05) is 25.2 Å². The van der Waals surface area contributed by atoms with Gasteiger partial charge in [-0.3, -0.25) is 4.79 Å². The number of hydrogen-bond acceptors (Lipinski definition) is 4. The van der Waals surface area contributed by atoms with Crippen LogP contribution in [0.2, 0.25) is 0 Å². The predicted octanol–water partition coefficient (Wildman–Crippen LogP) is 2.86. The molecule has 0 spiro atoms. The zero-order valence-corrected chi connectivity index (χ0v) is 11.8. The van der Waals surface area contributed by atoms with E-state index in [4.69, 9.17) is 10.00 Å². The van der Waals surface area contributed by atoms with Crippen LogP contribution in [0, 0.1) is 11.3 Å². The first-order valence-corrected chi connectivity index (χ1v) is 6.35. The Morgan fingerprint density at radius 2 is 1.90 bits per heavy atom. The fourth-order valence-electron chi connectivity index (χ4n) is 1.85. The molecule has 0 unspecified atom stereocenters. The van der Waals surface area contributed by atoms with Crippen molar-refractivity contribution in [2.24, 2.45) is 0 Å². The second-order valence-corrected chi connectivity index (χ2v) is 4.31. The summed E-state index contributed by atoms with van der Waals surface area (Å²) < 4.78 is 5.19. The predicted molar refractivity (Wildman–Crippen MR) is 81.7 cm³/mol. The SMILES string of the molecule is CNc1ccc(C(=O)Nc2ccc(C#N)cc2OC)cc1. The number of anilines is 2. The number of ether oxygens (including phenoxy) is 1. The smallest absolute Gasteiger partial charge is 0.255 e. The van der Waals surface area contributed by atoms with Crippen LogP contribution in [0.25, 0.3) is 0 Å². The zero-order valence-electron chi connectivity index (χ0n) is 11.8. The lowest BCUT2D eigenvalue weighted by atomic mass is 10.1. The number of benzene rings is 2. The van der Waals surface area contributed by atoms with Crippen molar-refractivity contribution in [1.82, 2.24) is 0 Å². The van der Waals surface area contributed by atoms with Crippen LogP contribution in [0.3, 0.4) is 0 Å². The van der Waals surface area contributed by atoms with Crippen molar-refractivity contribution in [2.75, 3.05) is 24.8 Å². The van der Waals surface area contributed by atoms with Crippen LogP contribution >= 0.6 is 0 Å². The van der Waals surface area contributed by atoms with Gasteiger partial charge in [-0.05, 0) is 36.4 Å². The molecule has 106 valence electrons. The van der Waals surface area contributed by atoms with Crippen molar-refractivity contribution in [3.05, 3.63) is 53.6 Å². The Labute approximate surface area is 123 Å². The normalized spacial score (nSPS) is 9.57. The molecule has 2 aromatic rings. The van der Waals surface area contributed by atoms with Crippen molar-refractivity contribution in [3.63, 3.8) is 0 Å². The van der Waals surface area contributed by atoms with Crippen LogP contribution in [-0.4, -0.2) is 20.1 Å². The number of hydrogen-bond donors (Lipinski definition) is 2. The van der Waals surface area contributed by atoms with E-state index in [0.29, 0.717) is 22.6 Å². The molecule has 0 saturated heterocycles. The first-order chi connectivity index (χ1) is 10.2. The van der Waals surface area contributed by atoms with Crippen molar-refractivity contribution < 1.29 is 9.53 Å². The standard InChI is InChI=1S/C16H15N3O2/c1-18-13-6-4-12(5-7-13)16(20)19-14-8-3-11(10-17)9-15(14)21-2/h3-9,18H,1-2H3,(H,19,20). The van der Waals surface area contributed by atoms with Crippen molar-refractivity contribution in [3.8, 4) is 11.8 Å². The van der Waals surface area contributed by atoms with E-state index in [1.165, 1.54) is 7.11 Å². The number of methoxy groups -OCH3 is 1. The fourth-order valence-corrected chi connectivity index (χ4v) is 1.85. The lowest BCUT2D eigenvalue weighted by Crippen LogP contribution is -2.12. The summed E-state index contributed by atoms with van der Waals surface area (Å²) in [5.41, 5.74) is 2.48. The van der Waals surface area contributed by atoms with Crippen LogP contribution in [0.1, 0.15) is 15.9 Å². The van der Waals surface area contributed by atoms with Crippen LogP contribution in [0.4, 0.5) is 11.4 Å². The number of rotatable bonds is 4. The highest BCUT2D eigenvalue weighted by Crippen LogP contribution is 2.26. The molecule has 0 radical (unpaired) electrons. The minimum Gasteiger partial charge on any atom is -0.495 e. The summed E-state index contributed by atoms with van der Waals surface area (Å²) in [5.74, 6) is 0.218. The molecule has 0 atom stereocenters. The Bertz CT molecular complexity index is 688. The number of nitrogens with one attached hydrogen (secondary N) is 2. The summed E-state index contributed by atoms with van der Waals surface area (Å²) in [6.07, 6.45) is 0. The van der Waals surface area contributed by atoms with Crippen molar-refractivity contribution in [2.45, 2.75) is 0 Å². The summed E-state index contributed by atoms with van der Waals surface area (Å²) in [4.78, 5) is 12.2. The topological polar surface area (TPSA) is 74.2 Å². The van der Waals surface area contributed by atoms with Crippen LogP contribution in [0.5, 0.6) is 5.75 Å². The van der Waals surface area contributed by atoms with Gasteiger partial charge in [-0.2, -0.15) is 5.26 Å². The van der Waals surface area contributed by atoms with E-state index in [-0.39, 0.29) is 5.91 Å². The summed E-state index contributed by atoms with van der Waals surface area (Å²) in [6.45, 7) is 0. The quantitative estimate of drug-likeness (QED) is 0.903. The summed E-state index contributed by atoms with van der Waals surface area (Å²) >= 11 is 0. The number of amides is 1. The third-order valence-electron chi connectivity index (χ3n) is 3.01. The highest BCUT2D eigenvalue weighted by atomic mass is 16.5. The van der Waals surface area contributed by atoms with E-state index >= 15 is 0 Å². The molecule has 1 amide bonds. The summed E-state index contributed by atoms with van der Waals surface area (Å²) in [7, 11) is 3.31. The van der Waals surface area contributed by atoms with Gasteiger partial charge in [0.25, 0.3) is 5.91 Å². The minimum absolute atomic E-state index is 0.235. The molecule has 0 bridgehead atoms. The molecular formula is C16H15N3O2. The molecule has 2 rings (SSSR count). The van der Waals surface area contributed by atoms with Crippen molar-refractivity contribution >= 4 is 17.3 Å². The molecular weight excluding hydrogens is 266 g/mol. The van der Waals surface area contributed by atoms with E-state index in [2.05, 4.69) is 10.6 Å². The van der Waals surface area contributed by atoms with Gasteiger partial charge < -0.3 is 15.4 Å². The molecule has 5 heteroatoms. The fraction of sp³-hybridized carbons (Fsp3) is 0.125. The van der Waals surface area contributed by atoms with Gasteiger partial charge in [-0.15, -0.1) is 0 Å². The van der Waals surface area contributed by atoms with Gasteiger partial charge in [-0.1, -0.05) is 0 Å². The average molecular weight is 281 g/mol. The van der Waals surface area contributed by atoms with E-state index < -0.39 is 0 Å². The molecule has 5 nitrogen and oxygen atoms in total. The second kappa shape index (κ2) is 6.44. The third-order valence-corrected chi connectivity index (χ3v) is 3.01. The number of nitrogens with zero attached hydrogens (tertiary/aromatic N) is 1. The maximum Gasteiger partial charge on any atom is 0.255 e. The molecule has 0 aromatic heterocycles. The highest BCUT2D eigenvalue weighted by molar-refractivity contribution is 6.05. The van der Waals surface area contributed by atoms with Crippen molar-refractivity contribution in [1.29, 1.82) is 5.26 Å². The lowest BCUT2D eigenvalue weighted by molar-refractivity contribution is 0.102. The molecule has 0 aliphatic rings. The van der Waals surface area contributed by atoms with Gasteiger partial charge in [0.2, 0.25) is 0 Å². The number of carbonyl (C=O) groups excluding carboxylic acids is 1. The zero-order chi connectivity index (χ0) is 15.2. The summed E-state index contributed by atoms with van der Waals surface area (Å²) in [6, 6.07) is 14.0. The minimum atomic E-state index is -0.235. The van der Waals surface area contributed by atoms with Gasteiger partial charge in [0.1, 0.15) is 5.75 Å². The monoisotopic (exact) mass is 281 g/mol. The largest absolute Gasteiger partial charge is 0.495 e. The number of nitriles is 1. The second-order valence-electron chi connectivity index (χ2n) is 4.31. The molecule has 0 aliphatic carbocycles. The highest BCUT2D eigenvalue weighted by Gasteiger charge is 2.10. The van der Waals surface area contributed by atoms with Gasteiger partial charge in [0.15, 0.2) is 0 Å². The van der Waals surface area contributed by atoms with Gasteiger partial charge in [0.05, 0.1) is 24.4 Å². The molecule has 2 aromatic carbocycles. The van der Waals surface area contributed by atoms with Crippen LogP contribution in [-0.2, 0) is 0 Å². The Morgan fingerprint density at radius 1 is 1.19 bits per heavy atom. The molecule has 21 heavy (non-hydrogen) atoms. The molecule has 0 heterocycles. The lowest BCUT2D eigenvalue weighted by Gasteiger charge is -2.10. The average Bonchev–Trinajstić information content (AvgIpc) is 2.55. The van der Waals surface area contributed by atoms with E-state index in [9.17, 15) is 4.79 Å². The first kappa shape index (κ1) is 14.4. The first-order valence-electron chi connectivity index (χ1n) is 6.35. The molecule has 0 fully saturated rings. The molecule has 2 N–H and O–H groups in total. The Hall–Kier alpha value is -3.00. The maximum absolute atomic E-state index is 12.2. The van der Waals surface area contributed by atoms with Crippen LogP contribution < -0.4 is 15.4 Å². The third kappa shape index (κ3) is 3.31. The Kier molecular flexibility index (Phi) is 4.42. The Balaban J connectivity index is 2.20. The van der Waals surface area contributed by atoms with Gasteiger partial charge in [-0.25, -0.2) is 0 Å². The van der Waals surface area contributed by atoms with Gasteiger partial charge in [0, 0.05) is 24.4 Å². The number of carbonyl (C=O) groups is 1. The molecule has 0 aliphatic heterocycles. The maximum atomic E-state index is 12.2. The van der Waals surface area contributed by atoms with E-state index in [1.54, 1.807) is 30.3 Å².